The summed E-state index contributed by atoms with van der Waals surface area (Å²) in [5, 5.41) is 3.76. The molecule has 0 aliphatic heterocycles. The predicted octanol–water partition coefficient (Wildman–Crippen LogP) is 2.74. The summed E-state index contributed by atoms with van der Waals surface area (Å²) in [4.78, 5) is 23.9. The third-order valence-corrected chi connectivity index (χ3v) is 3.03. The van der Waals surface area contributed by atoms with Crippen LogP contribution in [0.5, 0.6) is 0 Å². The molecule has 0 saturated carbocycles. The van der Waals surface area contributed by atoms with Gasteiger partial charge >= 0.3 is 12.1 Å². The van der Waals surface area contributed by atoms with E-state index in [1.807, 2.05) is 0 Å². The van der Waals surface area contributed by atoms with Gasteiger partial charge in [-0.3, -0.25) is 4.79 Å². The number of para-hydroxylation sites is 1. The number of carbonyl (C=O) groups is 1. The molecule has 2 rings (SSSR count). The lowest BCUT2D eigenvalue weighted by Gasteiger charge is -2.14. The summed E-state index contributed by atoms with van der Waals surface area (Å²) >= 11 is 0. The molecule has 8 heteroatoms. The molecule has 0 saturated heterocycles. The Kier molecular flexibility index (Phi) is 4.53. The van der Waals surface area contributed by atoms with E-state index in [9.17, 15) is 22.8 Å². The van der Waals surface area contributed by atoms with Gasteiger partial charge in [-0.25, -0.2) is 4.79 Å². The number of halogens is 3. The molecule has 0 amide bonds. The Morgan fingerprint density at radius 3 is 2.57 bits per heavy atom. The number of carbonyl (C=O) groups excluding carboxylic acids is 1. The Morgan fingerprint density at radius 2 is 1.96 bits per heavy atom. The molecule has 0 radical (unpaired) electrons. The summed E-state index contributed by atoms with van der Waals surface area (Å²) in [7, 11) is 0. The predicted molar refractivity (Wildman–Crippen MR) is 75.5 cm³/mol. The largest absolute Gasteiger partial charge is 0.461 e. The van der Waals surface area contributed by atoms with Crippen LogP contribution >= 0.6 is 0 Å². The standard InChI is InChI=1S/C15H13F3N2O3/c1-3-23-14(22)13-9(2)8-12(21)20(19-13)11-7-5-4-6-10(11)15(16,17)18/h4-8H,3H2,1-2H3. The van der Waals surface area contributed by atoms with Gasteiger partial charge in [0.2, 0.25) is 0 Å². The summed E-state index contributed by atoms with van der Waals surface area (Å²) in [5.74, 6) is -0.803. The molecule has 0 aliphatic rings. The molecule has 0 bridgehead atoms. The lowest BCUT2D eigenvalue weighted by Crippen LogP contribution is -2.27. The summed E-state index contributed by atoms with van der Waals surface area (Å²) in [6, 6.07) is 5.56. The first kappa shape index (κ1) is 16.7. The van der Waals surface area contributed by atoms with E-state index in [1.54, 1.807) is 6.92 Å². The Labute approximate surface area is 129 Å². The van der Waals surface area contributed by atoms with E-state index in [1.165, 1.54) is 19.1 Å². The maximum Gasteiger partial charge on any atom is 0.418 e. The van der Waals surface area contributed by atoms with Crippen molar-refractivity contribution in [3.8, 4) is 5.69 Å². The highest BCUT2D eigenvalue weighted by Crippen LogP contribution is 2.32. The zero-order valence-electron chi connectivity index (χ0n) is 12.3. The fraction of sp³-hybridized carbons (Fsp3) is 0.267. The van der Waals surface area contributed by atoms with Crippen molar-refractivity contribution in [3.05, 3.63) is 57.5 Å². The van der Waals surface area contributed by atoms with E-state index < -0.39 is 29.0 Å². The van der Waals surface area contributed by atoms with Gasteiger partial charge in [-0.05, 0) is 31.5 Å². The Hall–Kier alpha value is -2.64. The second-order valence-electron chi connectivity index (χ2n) is 4.66. The normalized spacial score (nSPS) is 11.3. The Bertz CT molecular complexity index is 797. The molecule has 0 spiro atoms. The minimum Gasteiger partial charge on any atom is -0.461 e. The number of rotatable bonds is 3. The number of hydrogen-bond acceptors (Lipinski definition) is 4. The maximum atomic E-state index is 13.1. The van der Waals surface area contributed by atoms with E-state index in [0.29, 0.717) is 4.68 Å². The van der Waals surface area contributed by atoms with Crippen LogP contribution in [0.1, 0.15) is 28.5 Å². The Morgan fingerprint density at radius 1 is 1.30 bits per heavy atom. The zero-order chi connectivity index (χ0) is 17.2. The molecule has 5 nitrogen and oxygen atoms in total. The number of nitrogens with zero attached hydrogens (tertiary/aromatic N) is 2. The van der Waals surface area contributed by atoms with Gasteiger partial charge in [0.1, 0.15) is 0 Å². The summed E-state index contributed by atoms with van der Waals surface area (Å²) in [6.45, 7) is 3.13. The average Bonchev–Trinajstić information content (AvgIpc) is 2.46. The van der Waals surface area contributed by atoms with Crippen molar-refractivity contribution in [1.82, 2.24) is 9.78 Å². The maximum absolute atomic E-state index is 13.1. The highest BCUT2D eigenvalue weighted by Gasteiger charge is 2.34. The summed E-state index contributed by atoms with van der Waals surface area (Å²) < 4.78 is 44.6. The number of ether oxygens (including phenoxy) is 1. The van der Waals surface area contributed by atoms with Gasteiger partial charge in [0, 0.05) is 6.07 Å². The van der Waals surface area contributed by atoms with E-state index in [4.69, 9.17) is 4.74 Å². The van der Waals surface area contributed by atoms with E-state index in [0.717, 1.165) is 18.2 Å². The fourth-order valence-electron chi connectivity index (χ4n) is 2.01. The number of aromatic nitrogens is 2. The second-order valence-corrected chi connectivity index (χ2v) is 4.66. The lowest BCUT2D eigenvalue weighted by molar-refractivity contribution is -0.137. The first-order chi connectivity index (χ1) is 10.8. The van der Waals surface area contributed by atoms with Crippen molar-refractivity contribution in [2.24, 2.45) is 0 Å². The van der Waals surface area contributed by atoms with E-state index in [2.05, 4.69) is 5.10 Å². The third kappa shape index (κ3) is 3.41. The van der Waals surface area contributed by atoms with Crippen LogP contribution in [-0.4, -0.2) is 22.4 Å². The van der Waals surface area contributed by atoms with Gasteiger partial charge in [-0.2, -0.15) is 23.0 Å². The van der Waals surface area contributed by atoms with Crippen LogP contribution in [0.4, 0.5) is 13.2 Å². The number of hydrogen-bond donors (Lipinski definition) is 0. The molecule has 0 fully saturated rings. The van der Waals surface area contributed by atoms with Crippen molar-refractivity contribution in [3.63, 3.8) is 0 Å². The van der Waals surface area contributed by atoms with E-state index in [-0.39, 0.29) is 17.9 Å². The van der Waals surface area contributed by atoms with Crippen molar-refractivity contribution in [1.29, 1.82) is 0 Å². The summed E-state index contributed by atoms with van der Waals surface area (Å²) in [5.41, 5.74) is -2.21. The van der Waals surface area contributed by atoms with Crippen LogP contribution in [0.3, 0.4) is 0 Å². The second kappa shape index (κ2) is 6.23. The van der Waals surface area contributed by atoms with Crippen LogP contribution in [-0.2, 0) is 10.9 Å². The summed E-state index contributed by atoms with van der Waals surface area (Å²) in [6.07, 6.45) is -4.66. The molecular weight excluding hydrogens is 313 g/mol. The highest BCUT2D eigenvalue weighted by atomic mass is 19.4. The van der Waals surface area contributed by atoms with Gasteiger partial charge in [0.15, 0.2) is 5.69 Å². The van der Waals surface area contributed by atoms with Gasteiger partial charge in [0.05, 0.1) is 17.9 Å². The quantitative estimate of drug-likeness (QED) is 0.814. The molecule has 1 heterocycles. The van der Waals surface area contributed by atoms with Crippen molar-refractivity contribution in [2.75, 3.05) is 6.61 Å². The molecule has 1 aromatic heterocycles. The molecule has 0 aliphatic carbocycles. The molecule has 23 heavy (non-hydrogen) atoms. The lowest BCUT2D eigenvalue weighted by atomic mass is 10.1. The molecule has 0 unspecified atom stereocenters. The van der Waals surface area contributed by atoms with Crippen LogP contribution in [0, 0.1) is 6.92 Å². The van der Waals surface area contributed by atoms with Crippen LogP contribution in [0.2, 0.25) is 0 Å². The van der Waals surface area contributed by atoms with Crippen molar-refractivity contribution >= 4 is 5.97 Å². The number of aryl methyl sites for hydroxylation is 1. The van der Waals surface area contributed by atoms with Crippen LogP contribution < -0.4 is 5.56 Å². The van der Waals surface area contributed by atoms with E-state index >= 15 is 0 Å². The number of benzene rings is 1. The molecular formula is C15H13F3N2O3. The minimum atomic E-state index is -4.66. The monoisotopic (exact) mass is 326 g/mol. The van der Waals surface area contributed by atoms with Gasteiger partial charge in [-0.1, -0.05) is 12.1 Å². The molecule has 1 aromatic carbocycles. The topological polar surface area (TPSA) is 61.2 Å². The average molecular weight is 326 g/mol. The highest BCUT2D eigenvalue weighted by molar-refractivity contribution is 5.88. The number of alkyl halides is 3. The van der Waals surface area contributed by atoms with Crippen LogP contribution in [0.25, 0.3) is 5.69 Å². The number of esters is 1. The third-order valence-electron chi connectivity index (χ3n) is 3.03. The fourth-order valence-corrected chi connectivity index (χ4v) is 2.01. The molecule has 122 valence electrons. The van der Waals surface area contributed by atoms with Gasteiger partial charge < -0.3 is 4.74 Å². The molecule has 0 N–H and O–H groups in total. The van der Waals surface area contributed by atoms with Crippen molar-refractivity contribution < 1.29 is 22.7 Å². The Balaban J connectivity index is 2.68. The SMILES string of the molecule is CCOC(=O)c1nn(-c2ccccc2C(F)(F)F)c(=O)cc1C. The van der Waals surface area contributed by atoms with Gasteiger partial charge in [0.25, 0.3) is 5.56 Å². The van der Waals surface area contributed by atoms with Crippen LogP contribution in [0.15, 0.2) is 35.1 Å². The molecule has 0 atom stereocenters. The first-order valence-corrected chi connectivity index (χ1v) is 6.70. The van der Waals surface area contributed by atoms with Gasteiger partial charge in [-0.15, -0.1) is 0 Å². The minimum absolute atomic E-state index is 0.0816. The first-order valence-electron chi connectivity index (χ1n) is 6.70. The zero-order valence-corrected chi connectivity index (χ0v) is 12.3. The van der Waals surface area contributed by atoms with Crippen molar-refractivity contribution in [2.45, 2.75) is 20.0 Å². The molecule has 2 aromatic rings. The smallest absolute Gasteiger partial charge is 0.418 e.